The van der Waals surface area contributed by atoms with E-state index in [4.69, 9.17) is 6.42 Å². The Morgan fingerprint density at radius 3 is 1.02 bits per heavy atom. The van der Waals surface area contributed by atoms with Crippen LogP contribution in [0.1, 0.15) is 12.8 Å². The molecule has 0 fully saturated rings. The number of terminal acetylenes is 1. The monoisotopic (exact) mass is 910 g/mol. The first-order chi connectivity index (χ1) is 23.6. The molecule has 21 nitrogen and oxygen atoms in total. The summed E-state index contributed by atoms with van der Waals surface area (Å²) in [5.41, 5.74) is 0. The minimum Gasteiger partial charge on any atom is -0.274 e. The summed E-state index contributed by atoms with van der Waals surface area (Å²) in [7, 11) is -21.1. The molecule has 28 heteroatoms. The second-order valence-corrected chi connectivity index (χ2v) is 20.1. The predicted molar refractivity (Wildman–Crippen MR) is 200 cm³/mol. The quantitative estimate of drug-likeness (QED) is 0.0665. The Hall–Kier alpha value is -2.11. The molecule has 0 aliphatic carbocycles. The zero-order valence-corrected chi connectivity index (χ0v) is 36.0. The van der Waals surface area contributed by atoms with Gasteiger partial charge in [-0.3, -0.25) is 29.3 Å². The highest BCUT2D eigenvalue weighted by Gasteiger charge is 2.05. The van der Waals surface area contributed by atoms with Gasteiger partial charge in [0.05, 0.1) is 83.1 Å². The van der Waals surface area contributed by atoms with Crippen molar-refractivity contribution in [2.24, 2.45) is 0 Å². The third-order valence-corrected chi connectivity index (χ3v) is 8.23. The van der Waals surface area contributed by atoms with Crippen LogP contribution in [0, 0.1) is 12.3 Å². The van der Waals surface area contributed by atoms with Gasteiger partial charge in [0.15, 0.2) is 0 Å². The van der Waals surface area contributed by atoms with Crippen LogP contribution in [0.4, 0.5) is 0 Å². The summed E-state index contributed by atoms with van der Waals surface area (Å²) in [6, 6.07) is 0. The lowest BCUT2D eigenvalue weighted by Gasteiger charge is -2.01. The van der Waals surface area contributed by atoms with Crippen LogP contribution in [0.15, 0.2) is 50.0 Å². The normalized spacial score (nSPS) is 11.5. The maximum Gasteiger partial charge on any atom is 0.289 e. The second kappa shape index (κ2) is 33.2. The first-order valence-electron chi connectivity index (χ1n) is 13.3. The van der Waals surface area contributed by atoms with Crippen molar-refractivity contribution < 1.29 is 88.2 Å². The third-order valence-electron chi connectivity index (χ3n) is 3.32. The number of hydrogen-bond acceptors (Lipinski definition) is 21. The maximum absolute atomic E-state index is 10.6. The smallest absolute Gasteiger partial charge is 0.274 e. The van der Waals surface area contributed by atoms with Gasteiger partial charge >= 0.3 is 0 Å². The van der Waals surface area contributed by atoms with Crippen molar-refractivity contribution in [2.75, 3.05) is 84.3 Å². The number of hydrogen-bond donors (Lipinski definition) is 0. The van der Waals surface area contributed by atoms with E-state index in [1.54, 1.807) is 0 Å². The molecule has 0 aromatic rings. The van der Waals surface area contributed by atoms with E-state index < -0.39 is 70.8 Å². The molecule has 0 saturated carbocycles. The Kier molecular flexibility index (Phi) is 39.4. The topological polar surface area (TPSA) is 304 Å². The van der Waals surface area contributed by atoms with Gasteiger partial charge in [-0.2, -0.15) is 58.9 Å². The number of unbranched alkanes of at least 4 members (excludes halogenated alkanes) is 1. The van der Waals surface area contributed by atoms with E-state index in [2.05, 4.69) is 55.6 Å². The van der Waals surface area contributed by atoms with Crippen molar-refractivity contribution in [3.8, 4) is 12.3 Å². The molecule has 0 spiro atoms. The summed E-state index contributed by atoms with van der Waals surface area (Å²) in [6.45, 7) is 12.8. The van der Waals surface area contributed by atoms with E-state index >= 15 is 0 Å². The van der Waals surface area contributed by atoms with E-state index in [9.17, 15) is 58.9 Å². The van der Waals surface area contributed by atoms with Crippen molar-refractivity contribution >= 4 is 70.8 Å². The van der Waals surface area contributed by atoms with Crippen LogP contribution in [0.5, 0.6) is 0 Å². The van der Waals surface area contributed by atoms with Gasteiger partial charge in [-0.25, -0.2) is 0 Å². The van der Waals surface area contributed by atoms with Gasteiger partial charge in [-0.15, -0.1) is 26.2 Å². The van der Waals surface area contributed by atoms with Crippen LogP contribution in [0.3, 0.4) is 0 Å². The van der Waals surface area contributed by atoms with E-state index in [1.165, 1.54) is 18.2 Å². The average molecular weight is 911 g/mol. The van der Waals surface area contributed by atoms with Crippen molar-refractivity contribution in [3.05, 3.63) is 50.0 Å². The van der Waals surface area contributed by atoms with Crippen LogP contribution in [-0.2, 0) is 100 Å². The highest BCUT2D eigenvalue weighted by Crippen LogP contribution is 1.97. The zero-order valence-electron chi connectivity index (χ0n) is 30.3. The molecule has 0 aromatic carbocycles. The van der Waals surface area contributed by atoms with Crippen molar-refractivity contribution in [2.45, 2.75) is 12.8 Å². The van der Waals surface area contributed by atoms with Crippen LogP contribution in [0.2, 0.25) is 0 Å². The Balaban J connectivity index is -0.000000128. The summed E-state index contributed by atoms with van der Waals surface area (Å²) in [5, 5.41) is 0.743. The number of rotatable bonds is 20. The second-order valence-electron chi connectivity index (χ2n) is 8.49. The molecule has 0 aliphatic heterocycles. The van der Waals surface area contributed by atoms with Gasteiger partial charge in [0.2, 0.25) is 0 Å². The molecule has 0 aromatic heterocycles. The highest BCUT2D eigenvalue weighted by molar-refractivity contribution is 7.89. The largest absolute Gasteiger partial charge is 0.289 e. The summed E-state index contributed by atoms with van der Waals surface area (Å²) in [4.78, 5) is 0. The molecule has 0 radical (unpaired) electrons. The lowest BCUT2D eigenvalue weighted by molar-refractivity contribution is 0.273. The summed E-state index contributed by atoms with van der Waals surface area (Å²) >= 11 is 0. The fraction of sp³-hybridized carbons (Fsp3) is 0.600. The fourth-order valence-corrected chi connectivity index (χ4v) is 3.64. The standard InChI is InChI=1S/C6H14O6S2.C6H10O3S.C4H8O3S.C4H6O3S.C3H6O3S.C2H6O3S/c1-13(7,8)11-5-3-4-6-12-14(2,9)10;1-3-5-9-10(7,8)6-4-2;2*1-3-4-7-8(2,5)6;1-3-7(4,5)6-2;1-5-6(2,3)4/h3-6H2,1-2H3;3-4H,1-2,5-6H2;3H,1,4H2,2H3;1H,4H2,2H3;3H,1H2,2H3;1-2H3. The Labute approximate surface area is 316 Å². The molecule has 0 amide bonds. The van der Waals surface area contributed by atoms with Crippen LogP contribution < -0.4 is 0 Å². The van der Waals surface area contributed by atoms with Gasteiger partial charge in [-0.1, -0.05) is 30.7 Å². The summed E-state index contributed by atoms with van der Waals surface area (Å²) in [6.07, 6.45) is 14.4. The van der Waals surface area contributed by atoms with Crippen LogP contribution >= 0.6 is 0 Å². The van der Waals surface area contributed by atoms with E-state index in [-0.39, 0.29) is 38.8 Å². The van der Waals surface area contributed by atoms with Gasteiger partial charge in [0, 0.05) is 0 Å². The molecule has 318 valence electrons. The molecule has 0 bridgehead atoms. The van der Waals surface area contributed by atoms with Crippen molar-refractivity contribution in [3.63, 3.8) is 0 Å². The van der Waals surface area contributed by atoms with Gasteiger partial charge in [0.1, 0.15) is 6.61 Å². The fourth-order valence-electron chi connectivity index (χ4n) is 1.35. The highest BCUT2D eigenvalue weighted by atomic mass is 32.2. The third kappa shape index (κ3) is 84.1. The molecule has 0 N–H and O–H groups in total. The van der Waals surface area contributed by atoms with Gasteiger partial charge < -0.3 is 0 Å². The summed E-state index contributed by atoms with van der Waals surface area (Å²) < 4.78 is 173. The minimum atomic E-state index is -3.40. The SMILES string of the molecule is C#CCOS(C)(=O)=O.C=CCOS(=O)(=O)CC=C.C=CCOS(C)(=O)=O.C=CS(=O)(=O)OC.COS(C)(=O)=O.CS(=O)(=O)OCCCCOS(C)(=O)=O. The molecular formula is C25H50O21S7. The van der Waals surface area contributed by atoms with Crippen LogP contribution in [0.25, 0.3) is 0 Å². The van der Waals surface area contributed by atoms with E-state index in [0.717, 1.165) is 50.9 Å². The Morgan fingerprint density at radius 1 is 0.509 bits per heavy atom. The molecular weight excluding hydrogens is 861 g/mol. The van der Waals surface area contributed by atoms with Crippen molar-refractivity contribution in [1.82, 2.24) is 0 Å². The molecule has 0 saturated heterocycles. The average Bonchev–Trinajstić information content (AvgIpc) is 2.99. The lowest BCUT2D eigenvalue weighted by atomic mass is 10.3. The molecule has 0 unspecified atom stereocenters. The zero-order chi connectivity index (χ0) is 43.6. The Morgan fingerprint density at radius 2 is 0.849 bits per heavy atom. The van der Waals surface area contributed by atoms with E-state index in [0.29, 0.717) is 12.8 Å². The van der Waals surface area contributed by atoms with Gasteiger partial charge in [-0.05, 0) is 12.8 Å². The van der Waals surface area contributed by atoms with Crippen LogP contribution in [-0.4, -0.2) is 143 Å². The first kappa shape index (κ1) is 62.9. The maximum atomic E-state index is 10.6. The lowest BCUT2D eigenvalue weighted by Crippen LogP contribution is -2.08. The van der Waals surface area contributed by atoms with E-state index in [1.807, 2.05) is 5.92 Å². The molecule has 0 aliphatic rings. The molecule has 53 heavy (non-hydrogen) atoms. The van der Waals surface area contributed by atoms with Gasteiger partial charge in [0.25, 0.3) is 70.8 Å². The molecule has 0 heterocycles. The molecule has 0 rings (SSSR count). The molecule has 0 atom stereocenters. The minimum absolute atomic E-state index is 0.0240. The first-order valence-corrected chi connectivity index (χ1v) is 25.5. The Bertz CT molecular complexity index is 1800. The summed E-state index contributed by atoms with van der Waals surface area (Å²) in [5.74, 6) is 1.87. The van der Waals surface area contributed by atoms with Crippen molar-refractivity contribution in [1.29, 1.82) is 0 Å². The predicted octanol–water partition coefficient (Wildman–Crippen LogP) is -0.133.